The van der Waals surface area contributed by atoms with Gasteiger partial charge >= 0.3 is 0 Å². The first kappa shape index (κ1) is 19.8. The lowest BCUT2D eigenvalue weighted by Crippen LogP contribution is -2.55. The largest absolute Gasteiger partial charge is 0.330 e. The molecule has 0 aromatic carbocycles. The number of hydrogen-bond acceptors (Lipinski definition) is 3. The number of carbonyl (C=O) groups excluding carboxylic acids is 1. The Kier molecular flexibility index (Phi) is 5.20. The third-order valence-corrected chi connectivity index (χ3v) is 11.1. The molecular weight excluding hydrogens is 354 g/mol. The molecule has 4 aliphatic carbocycles. The Morgan fingerprint density at radius 2 is 1.96 bits per heavy atom. The highest BCUT2D eigenvalue weighted by Crippen LogP contribution is 2.66. The minimum Gasteiger partial charge on any atom is -0.330 e. The van der Waals surface area contributed by atoms with Gasteiger partial charge in [0, 0.05) is 33.6 Å². The maximum atomic E-state index is 12.7. The molecule has 0 bridgehead atoms. The van der Waals surface area contributed by atoms with E-state index < -0.39 is 10.8 Å². The zero-order valence-electron chi connectivity index (χ0n) is 17.2. The molecule has 4 fully saturated rings. The van der Waals surface area contributed by atoms with Crippen LogP contribution in [-0.2, 0) is 15.6 Å². The van der Waals surface area contributed by atoms with Gasteiger partial charge in [-0.1, -0.05) is 26.0 Å². The second-order valence-electron chi connectivity index (χ2n) is 10.3. The molecule has 0 heterocycles. The van der Waals surface area contributed by atoms with Gasteiger partial charge in [-0.05, 0) is 87.0 Å². The van der Waals surface area contributed by atoms with Crippen LogP contribution in [0.15, 0.2) is 12.2 Å². The number of fused-ring (bicyclic) bond motifs is 5. The quantitative estimate of drug-likeness (QED) is 0.730. The summed E-state index contributed by atoms with van der Waals surface area (Å²) in [5, 5.41) is 0.324. The maximum Gasteiger partial charge on any atom is 0.139 e. The van der Waals surface area contributed by atoms with Crippen molar-refractivity contribution in [3.63, 3.8) is 0 Å². The minimum absolute atomic E-state index is 0.0639. The van der Waals surface area contributed by atoms with Crippen molar-refractivity contribution in [2.24, 2.45) is 40.2 Å². The number of hydrogen-bond donors (Lipinski definition) is 1. The second kappa shape index (κ2) is 7.09. The van der Waals surface area contributed by atoms with Gasteiger partial charge in [0.25, 0.3) is 0 Å². The van der Waals surface area contributed by atoms with Gasteiger partial charge in [-0.3, -0.25) is 9.00 Å². The molecule has 2 N–H and O–H groups in total. The Morgan fingerprint density at radius 3 is 2.70 bits per heavy atom. The zero-order chi connectivity index (χ0) is 19.4. The van der Waals surface area contributed by atoms with Gasteiger partial charge in [-0.2, -0.15) is 0 Å². The molecule has 4 aliphatic rings. The van der Waals surface area contributed by atoms with Crippen LogP contribution in [0.4, 0.5) is 0 Å². The molecule has 0 amide bonds. The third-order valence-electron chi connectivity index (χ3n) is 9.20. The average Bonchev–Trinajstić information content (AvgIpc) is 2.95. The van der Waals surface area contributed by atoms with E-state index in [4.69, 9.17) is 5.73 Å². The van der Waals surface area contributed by atoms with E-state index in [0.29, 0.717) is 40.7 Å². The van der Waals surface area contributed by atoms with Gasteiger partial charge in [0.1, 0.15) is 5.78 Å². The summed E-state index contributed by atoms with van der Waals surface area (Å²) in [4.78, 5) is 12.6. The SMILES string of the molecule is C=C1C[C@@H]2[C@H](CC[C@]3(C)C(=O)CC[C@@H]23)[C@@]2(C)CC[C@H](S(=O)CCCN)CC12. The molecule has 3 nitrogen and oxygen atoms in total. The molecule has 0 spiro atoms. The summed E-state index contributed by atoms with van der Waals surface area (Å²) in [7, 11) is -0.746. The van der Waals surface area contributed by atoms with Gasteiger partial charge in [0.15, 0.2) is 0 Å². The van der Waals surface area contributed by atoms with Crippen LogP contribution < -0.4 is 5.73 Å². The summed E-state index contributed by atoms with van der Waals surface area (Å²) in [6, 6.07) is 0. The number of Topliss-reactive ketones (excluding diaryl/α,β-unsaturated/α-hetero) is 1. The summed E-state index contributed by atoms with van der Waals surface area (Å²) in [6.45, 7) is 9.92. The lowest BCUT2D eigenvalue weighted by atomic mass is 9.44. The Balaban J connectivity index is 1.55. The van der Waals surface area contributed by atoms with E-state index in [1.807, 2.05) is 0 Å². The van der Waals surface area contributed by atoms with Crippen LogP contribution in [-0.4, -0.2) is 27.5 Å². The normalized spacial score (nSPS) is 47.9. The van der Waals surface area contributed by atoms with E-state index in [1.54, 1.807) is 0 Å². The lowest BCUT2D eigenvalue weighted by Gasteiger charge is -2.60. The van der Waals surface area contributed by atoms with Crippen molar-refractivity contribution in [1.29, 1.82) is 0 Å². The first-order valence-electron chi connectivity index (χ1n) is 11.1. The van der Waals surface area contributed by atoms with Crippen LogP contribution in [0.2, 0.25) is 0 Å². The Hall–Kier alpha value is -0.480. The third kappa shape index (κ3) is 3.01. The van der Waals surface area contributed by atoms with Crippen LogP contribution in [0, 0.1) is 34.5 Å². The highest BCUT2D eigenvalue weighted by molar-refractivity contribution is 7.85. The molecule has 27 heavy (non-hydrogen) atoms. The number of allylic oxidation sites excluding steroid dienone is 1. The standard InChI is InChI=1S/C23H37NO2S/c1-15-13-17-18-5-6-21(25)23(18,3)10-8-19(17)22(2)9-7-16(14-20(15)22)27(26)12-4-11-24/h16-20H,1,4-14,24H2,2-3H3/t16-,17-,18-,19-,20?,22+,23-,27?/m0/s1. The van der Waals surface area contributed by atoms with Crippen LogP contribution >= 0.6 is 0 Å². The first-order valence-corrected chi connectivity index (χ1v) is 12.5. The maximum absolute atomic E-state index is 12.7. The molecular formula is C23H37NO2S. The van der Waals surface area contributed by atoms with Crippen LogP contribution in [0.25, 0.3) is 0 Å². The highest BCUT2D eigenvalue weighted by atomic mass is 32.2. The predicted molar refractivity (Wildman–Crippen MR) is 112 cm³/mol. The van der Waals surface area contributed by atoms with Crippen molar-refractivity contribution in [2.75, 3.05) is 12.3 Å². The van der Waals surface area contributed by atoms with Gasteiger partial charge in [-0.25, -0.2) is 0 Å². The summed E-state index contributed by atoms with van der Waals surface area (Å²) >= 11 is 0. The van der Waals surface area contributed by atoms with E-state index in [-0.39, 0.29) is 5.41 Å². The molecule has 8 atom stereocenters. The van der Waals surface area contributed by atoms with Crippen LogP contribution in [0.1, 0.15) is 71.6 Å². The highest BCUT2D eigenvalue weighted by Gasteiger charge is 2.61. The molecule has 0 aromatic rings. The minimum atomic E-state index is -0.746. The fourth-order valence-electron chi connectivity index (χ4n) is 7.61. The van der Waals surface area contributed by atoms with Gasteiger partial charge in [0.05, 0.1) is 0 Å². The fraction of sp³-hybridized carbons (Fsp3) is 0.870. The Bertz CT molecular complexity index is 661. The van der Waals surface area contributed by atoms with Crippen molar-refractivity contribution in [3.05, 3.63) is 12.2 Å². The van der Waals surface area contributed by atoms with Gasteiger partial charge < -0.3 is 5.73 Å². The topological polar surface area (TPSA) is 60.2 Å². The zero-order valence-corrected chi connectivity index (χ0v) is 18.0. The Morgan fingerprint density at radius 1 is 1.19 bits per heavy atom. The van der Waals surface area contributed by atoms with Crippen LogP contribution in [0.5, 0.6) is 0 Å². The van der Waals surface area contributed by atoms with Crippen molar-refractivity contribution >= 4 is 16.6 Å². The summed E-state index contributed by atoms with van der Waals surface area (Å²) in [5.74, 6) is 3.71. The van der Waals surface area contributed by atoms with E-state index in [0.717, 1.165) is 56.6 Å². The number of nitrogens with two attached hydrogens (primary N) is 1. The molecule has 4 heteroatoms. The van der Waals surface area contributed by atoms with Crippen molar-refractivity contribution in [3.8, 4) is 0 Å². The van der Waals surface area contributed by atoms with E-state index in [2.05, 4.69) is 20.4 Å². The molecule has 2 unspecified atom stereocenters. The van der Waals surface area contributed by atoms with Crippen molar-refractivity contribution in [2.45, 2.75) is 76.9 Å². The molecule has 0 saturated heterocycles. The summed E-state index contributed by atoms with van der Waals surface area (Å²) in [5.41, 5.74) is 7.24. The van der Waals surface area contributed by atoms with Crippen LogP contribution in [0.3, 0.4) is 0 Å². The summed E-state index contributed by atoms with van der Waals surface area (Å²) in [6.07, 6.45) is 9.44. The smallest absolute Gasteiger partial charge is 0.139 e. The van der Waals surface area contributed by atoms with Gasteiger partial charge in [-0.15, -0.1) is 0 Å². The average molecular weight is 392 g/mol. The molecule has 152 valence electrons. The lowest BCUT2D eigenvalue weighted by molar-refractivity contribution is -0.135. The van der Waals surface area contributed by atoms with E-state index in [1.165, 1.54) is 18.4 Å². The van der Waals surface area contributed by atoms with E-state index >= 15 is 0 Å². The predicted octanol–water partition coefficient (Wildman–Crippen LogP) is 4.23. The second-order valence-corrected chi connectivity index (χ2v) is 12.2. The number of ketones is 1. The molecule has 4 saturated carbocycles. The molecule has 0 radical (unpaired) electrons. The Labute approximate surface area is 167 Å². The molecule has 4 rings (SSSR count). The molecule has 0 aromatic heterocycles. The van der Waals surface area contributed by atoms with E-state index in [9.17, 15) is 9.00 Å². The van der Waals surface area contributed by atoms with Crippen molar-refractivity contribution in [1.82, 2.24) is 0 Å². The molecule has 0 aliphatic heterocycles. The monoisotopic (exact) mass is 391 g/mol. The summed E-state index contributed by atoms with van der Waals surface area (Å²) < 4.78 is 12.7. The fourth-order valence-corrected chi connectivity index (χ4v) is 9.18. The first-order chi connectivity index (χ1) is 12.8. The van der Waals surface area contributed by atoms with Gasteiger partial charge in [0.2, 0.25) is 0 Å². The number of carbonyl (C=O) groups is 1. The number of rotatable bonds is 4. The van der Waals surface area contributed by atoms with Crippen molar-refractivity contribution < 1.29 is 9.00 Å².